The molecule has 0 aromatic carbocycles. The van der Waals surface area contributed by atoms with Gasteiger partial charge in [0, 0.05) is 20.2 Å². The van der Waals surface area contributed by atoms with E-state index in [-0.39, 0.29) is 18.1 Å². The average molecular weight is 308 g/mol. The van der Waals surface area contributed by atoms with Gasteiger partial charge in [-0.2, -0.15) is 4.98 Å². The predicted octanol–water partition coefficient (Wildman–Crippen LogP) is 1.06. The lowest BCUT2D eigenvalue weighted by Gasteiger charge is -2.26. The zero-order valence-electron chi connectivity index (χ0n) is 13.2. The van der Waals surface area contributed by atoms with Gasteiger partial charge >= 0.3 is 0 Å². The third-order valence-electron chi connectivity index (χ3n) is 4.69. The number of nitrogens with one attached hydrogen (secondary N) is 1. The van der Waals surface area contributed by atoms with Crippen molar-refractivity contribution < 1.29 is 14.1 Å². The van der Waals surface area contributed by atoms with Crippen LogP contribution in [-0.2, 0) is 9.53 Å². The summed E-state index contributed by atoms with van der Waals surface area (Å²) >= 11 is 0. The minimum Gasteiger partial charge on any atom is -0.380 e. The number of carbonyl (C=O) groups is 1. The zero-order valence-corrected chi connectivity index (χ0v) is 13.2. The van der Waals surface area contributed by atoms with Crippen LogP contribution in [0.4, 0.5) is 0 Å². The van der Waals surface area contributed by atoms with E-state index < -0.39 is 0 Å². The highest BCUT2D eigenvalue weighted by atomic mass is 16.5. The third-order valence-corrected chi connectivity index (χ3v) is 4.69. The van der Waals surface area contributed by atoms with Gasteiger partial charge in [-0.1, -0.05) is 11.6 Å². The van der Waals surface area contributed by atoms with Gasteiger partial charge < -0.3 is 14.6 Å². The molecule has 1 aliphatic carbocycles. The molecule has 7 nitrogen and oxygen atoms in total. The van der Waals surface area contributed by atoms with Gasteiger partial charge in [0.05, 0.1) is 18.7 Å². The van der Waals surface area contributed by atoms with Gasteiger partial charge in [-0.05, 0) is 32.1 Å². The highest BCUT2D eigenvalue weighted by Gasteiger charge is 2.37. The molecule has 2 atom stereocenters. The Morgan fingerprint density at radius 3 is 2.91 bits per heavy atom. The number of carbonyl (C=O) groups excluding carboxylic acids is 1. The maximum atomic E-state index is 12.2. The zero-order chi connectivity index (χ0) is 15.5. The van der Waals surface area contributed by atoms with Gasteiger partial charge in [-0.15, -0.1) is 0 Å². The van der Waals surface area contributed by atoms with E-state index in [2.05, 4.69) is 20.4 Å². The first-order valence-electron chi connectivity index (χ1n) is 7.99. The summed E-state index contributed by atoms with van der Waals surface area (Å²) in [6.45, 7) is 3.65. The molecule has 3 rings (SSSR count). The summed E-state index contributed by atoms with van der Waals surface area (Å²) in [5.41, 5.74) is 0. The van der Waals surface area contributed by atoms with Crippen LogP contribution in [0.2, 0.25) is 0 Å². The second-order valence-corrected chi connectivity index (χ2v) is 6.32. The van der Waals surface area contributed by atoms with Crippen LogP contribution in [0.15, 0.2) is 4.52 Å². The van der Waals surface area contributed by atoms with Crippen LogP contribution in [0.3, 0.4) is 0 Å². The van der Waals surface area contributed by atoms with Gasteiger partial charge in [-0.3, -0.25) is 9.69 Å². The van der Waals surface area contributed by atoms with E-state index >= 15 is 0 Å². The number of aryl methyl sites for hydroxylation is 1. The van der Waals surface area contributed by atoms with Crippen LogP contribution in [0, 0.1) is 12.8 Å². The minimum absolute atomic E-state index is 0.0411. The number of nitrogens with zero attached hydrogens (tertiary/aromatic N) is 3. The lowest BCUT2D eigenvalue weighted by Crippen LogP contribution is -2.40. The van der Waals surface area contributed by atoms with E-state index in [0.29, 0.717) is 30.7 Å². The summed E-state index contributed by atoms with van der Waals surface area (Å²) in [7, 11) is 1.70. The molecular weight excluding hydrogens is 284 g/mol. The summed E-state index contributed by atoms with van der Waals surface area (Å²) in [5.74, 6) is 1.92. The predicted molar refractivity (Wildman–Crippen MR) is 79.1 cm³/mol. The number of methoxy groups -OCH3 is 1. The molecule has 122 valence electrons. The Bertz CT molecular complexity index is 515. The summed E-state index contributed by atoms with van der Waals surface area (Å²) in [4.78, 5) is 18.5. The summed E-state index contributed by atoms with van der Waals surface area (Å²) < 4.78 is 10.7. The van der Waals surface area contributed by atoms with E-state index in [1.54, 1.807) is 14.0 Å². The first-order valence-corrected chi connectivity index (χ1v) is 7.99. The number of hydrogen-bond acceptors (Lipinski definition) is 6. The van der Waals surface area contributed by atoms with Crippen molar-refractivity contribution in [2.24, 2.45) is 5.92 Å². The van der Waals surface area contributed by atoms with Gasteiger partial charge in [0.15, 0.2) is 5.82 Å². The van der Waals surface area contributed by atoms with Gasteiger partial charge in [0.2, 0.25) is 11.8 Å². The molecule has 1 amide bonds. The SMILES string of the molecule is CO[C@@H]1C[C@H](c2nc(C)no2)N(CC(=O)NCC2CCC2)C1. The molecule has 1 saturated carbocycles. The van der Waals surface area contributed by atoms with Crippen molar-refractivity contribution in [1.82, 2.24) is 20.4 Å². The minimum atomic E-state index is -0.0411. The second-order valence-electron chi connectivity index (χ2n) is 6.32. The lowest BCUT2D eigenvalue weighted by atomic mass is 9.85. The van der Waals surface area contributed by atoms with Crippen molar-refractivity contribution in [3.8, 4) is 0 Å². The fraction of sp³-hybridized carbons (Fsp3) is 0.800. The summed E-state index contributed by atoms with van der Waals surface area (Å²) in [5, 5.41) is 6.88. The van der Waals surface area contributed by atoms with Crippen LogP contribution in [0.1, 0.15) is 43.4 Å². The van der Waals surface area contributed by atoms with Gasteiger partial charge in [0.25, 0.3) is 0 Å². The monoisotopic (exact) mass is 308 g/mol. The molecule has 1 aromatic rings. The summed E-state index contributed by atoms with van der Waals surface area (Å²) in [6.07, 6.45) is 4.63. The van der Waals surface area contributed by atoms with Crippen LogP contribution in [0.25, 0.3) is 0 Å². The molecule has 22 heavy (non-hydrogen) atoms. The smallest absolute Gasteiger partial charge is 0.244 e. The highest BCUT2D eigenvalue weighted by Crippen LogP contribution is 2.32. The number of likely N-dealkylation sites (tertiary alicyclic amines) is 1. The average Bonchev–Trinajstić information content (AvgIpc) is 3.03. The lowest BCUT2D eigenvalue weighted by molar-refractivity contribution is -0.122. The van der Waals surface area contributed by atoms with E-state index in [9.17, 15) is 4.79 Å². The fourth-order valence-electron chi connectivity index (χ4n) is 3.11. The van der Waals surface area contributed by atoms with Crippen molar-refractivity contribution in [1.29, 1.82) is 0 Å². The number of hydrogen-bond donors (Lipinski definition) is 1. The number of amides is 1. The molecule has 2 aliphatic rings. The molecule has 1 N–H and O–H groups in total. The molecule has 0 unspecified atom stereocenters. The van der Waals surface area contributed by atoms with Gasteiger partial charge in [-0.25, -0.2) is 0 Å². The normalized spacial score (nSPS) is 26.1. The van der Waals surface area contributed by atoms with E-state index in [4.69, 9.17) is 9.26 Å². The van der Waals surface area contributed by atoms with E-state index in [1.165, 1.54) is 19.3 Å². The highest BCUT2D eigenvalue weighted by molar-refractivity contribution is 5.78. The standard InChI is InChI=1S/C15H24N4O3/c1-10-17-15(22-18-10)13-6-12(21-2)8-19(13)9-14(20)16-7-11-4-3-5-11/h11-13H,3-9H2,1-2H3,(H,16,20)/t12-,13-/m1/s1. The Morgan fingerprint density at radius 1 is 1.50 bits per heavy atom. The van der Waals surface area contributed by atoms with Crippen LogP contribution in [-0.4, -0.2) is 53.8 Å². The van der Waals surface area contributed by atoms with Crippen molar-refractivity contribution in [3.05, 3.63) is 11.7 Å². The largest absolute Gasteiger partial charge is 0.380 e. The number of ether oxygens (including phenoxy) is 1. The third kappa shape index (κ3) is 3.47. The van der Waals surface area contributed by atoms with E-state index in [1.807, 2.05) is 0 Å². The quantitative estimate of drug-likeness (QED) is 0.846. The fourth-order valence-corrected chi connectivity index (χ4v) is 3.11. The molecule has 0 bridgehead atoms. The van der Waals surface area contributed by atoms with Gasteiger partial charge in [0.1, 0.15) is 0 Å². The Hall–Kier alpha value is -1.47. The molecule has 2 fully saturated rings. The molecule has 1 aliphatic heterocycles. The maximum absolute atomic E-state index is 12.2. The first-order chi connectivity index (χ1) is 10.7. The molecule has 2 heterocycles. The molecule has 0 radical (unpaired) electrons. The van der Waals surface area contributed by atoms with Crippen molar-refractivity contribution in [2.45, 2.75) is 44.8 Å². The Labute approximate surface area is 130 Å². The number of rotatable bonds is 6. The number of aromatic nitrogens is 2. The Kier molecular flexibility index (Phi) is 4.73. The molecule has 7 heteroatoms. The van der Waals surface area contributed by atoms with Crippen LogP contribution in [0.5, 0.6) is 0 Å². The summed E-state index contributed by atoms with van der Waals surface area (Å²) in [6, 6.07) is -0.0411. The Morgan fingerprint density at radius 2 is 2.32 bits per heavy atom. The van der Waals surface area contributed by atoms with Crippen LogP contribution >= 0.6 is 0 Å². The van der Waals surface area contributed by atoms with Crippen LogP contribution < -0.4 is 5.32 Å². The Balaban J connectivity index is 1.57. The molecule has 0 spiro atoms. The topological polar surface area (TPSA) is 80.5 Å². The second kappa shape index (κ2) is 6.75. The molecular formula is C15H24N4O3. The maximum Gasteiger partial charge on any atom is 0.244 e. The van der Waals surface area contributed by atoms with Crippen molar-refractivity contribution in [3.63, 3.8) is 0 Å². The van der Waals surface area contributed by atoms with Crippen molar-refractivity contribution in [2.75, 3.05) is 26.7 Å². The molecule has 1 saturated heterocycles. The van der Waals surface area contributed by atoms with Crippen molar-refractivity contribution >= 4 is 5.91 Å². The first kappa shape index (κ1) is 15.4. The molecule has 1 aromatic heterocycles. The van der Waals surface area contributed by atoms with E-state index in [0.717, 1.165) is 13.0 Å².